The van der Waals surface area contributed by atoms with Crippen LogP contribution in [0.3, 0.4) is 0 Å². The lowest BCUT2D eigenvalue weighted by Gasteiger charge is -2.18. The summed E-state index contributed by atoms with van der Waals surface area (Å²) in [5.41, 5.74) is 1.85. The smallest absolute Gasteiger partial charge is 0.120 e. The maximum absolute atomic E-state index is 9.86. The maximum Gasteiger partial charge on any atom is 0.120 e. The van der Waals surface area contributed by atoms with E-state index >= 15 is 0 Å². The second-order valence-corrected chi connectivity index (χ2v) is 7.01. The lowest BCUT2D eigenvalue weighted by Crippen LogP contribution is -2.11. The number of aromatic hydroxyl groups is 1. The molecular weight excluding hydrogens is 298 g/mol. The van der Waals surface area contributed by atoms with Gasteiger partial charge in [-0.1, -0.05) is 18.2 Å². The van der Waals surface area contributed by atoms with Crippen molar-refractivity contribution in [2.75, 3.05) is 5.32 Å². The van der Waals surface area contributed by atoms with Crippen LogP contribution in [0.5, 0.6) is 5.75 Å². The first kappa shape index (κ1) is 14.2. The zero-order chi connectivity index (χ0) is 14.7. The fourth-order valence-corrected chi connectivity index (χ4v) is 3.77. The van der Waals surface area contributed by atoms with Gasteiger partial charge < -0.3 is 10.4 Å². The molecule has 2 N–H and O–H groups in total. The first-order valence-corrected chi connectivity index (χ1v) is 8.60. The molecule has 1 unspecified atom stereocenters. The van der Waals surface area contributed by atoms with E-state index in [0.29, 0.717) is 5.75 Å². The summed E-state index contributed by atoms with van der Waals surface area (Å²) >= 11 is 3.54. The molecule has 3 aromatic rings. The van der Waals surface area contributed by atoms with Gasteiger partial charge in [0.1, 0.15) is 5.75 Å². The number of phenolic OH excluding ortho intramolecular Hbond substituents is 1. The largest absolute Gasteiger partial charge is 0.508 e. The summed E-state index contributed by atoms with van der Waals surface area (Å²) in [6.07, 6.45) is 0.951. The maximum atomic E-state index is 9.86. The van der Waals surface area contributed by atoms with E-state index in [2.05, 4.69) is 40.3 Å². The molecule has 1 atom stereocenters. The molecule has 21 heavy (non-hydrogen) atoms. The molecule has 3 rings (SSSR count). The van der Waals surface area contributed by atoms with Crippen molar-refractivity contribution in [1.29, 1.82) is 0 Å². The second kappa shape index (κ2) is 6.33. The number of thiophene rings is 2. The van der Waals surface area contributed by atoms with Crippen molar-refractivity contribution in [3.05, 3.63) is 68.5 Å². The molecule has 0 amide bonds. The third kappa shape index (κ3) is 3.46. The molecule has 0 fully saturated rings. The van der Waals surface area contributed by atoms with Crippen LogP contribution in [0.1, 0.15) is 21.4 Å². The molecule has 108 valence electrons. The Hall–Kier alpha value is -1.78. The number of hydrogen-bond acceptors (Lipinski definition) is 4. The lowest BCUT2D eigenvalue weighted by atomic mass is 10.1. The van der Waals surface area contributed by atoms with E-state index in [9.17, 15) is 5.11 Å². The Kier molecular flexibility index (Phi) is 4.27. The summed E-state index contributed by atoms with van der Waals surface area (Å²) in [5, 5.41) is 17.6. The summed E-state index contributed by atoms with van der Waals surface area (Å²) in [6.45, 7) is 1.90. The highest BCUT2D eigenvalue weighted by Gasteiger charge is 2.14. The third-order valence-corrected chi connectivity index (χ3v) is 5.31. The Balaban J connectivity index is 1.83. The number of phenols is 1. The number of benzene rings is 1. The molecule has 2 heterocycles. The van der Waals surface area contributed by atoms with Gasteiger partial charge in [0.2, 0.25) is 0 Å². The van der Waals surface area contributed by atoms with Gasteiger partial charge in [0.15, 0.2) is 0 Å². The van der Waals surface area contributed by atoms with Gasteiger partial charge in [0.05, 0.1) is 6.04 Å². The molecule has 4 heteroatoms. The first-order valence-electron chi connectivity index (χ1n) is 6.84. The zero-order valence-electron chi connectivity index (χ0n) is 11.7. The van der Waals surface area contributed by atoms with Gasteiger partial charge in [-0.25, -0.2) is 0 Å². The number of rotatable bonds is 5. The number of anilines is 1. The van der Waals surface area contributed by atoms with E-state index < -0.39 is 0 Å². The van der Waals surface area contributed by atoms with Crippen LogP contribution in [0.15, 0.2) is 53.2 Å². The summed E-state index contributed by atoms with van der Waals surface area (Å²) < 4.78 is 0. The first-order chi connectivity index (χ1) is 10.2. The van der Waals surface area contributed by atoms with Crippen molar-refractivity contribution < 1.29 is 5.11 Å². The minimum atomic E-state index is 0.228. The Labute approximate surface area is 132 Å². The van der Waals surface area contributed by atoms with E-state index in [1.54, 1.807) is 28.7 Å². The number of nitrogens with one attached hydrogen (secondary N) is 1. The number of hydrogen-bond donors (Lipinski definition) is 2. The molecule has 0 saturated carbocycles. The standard InChI is InChI=1S/C17H17NOS2/c1-12-6-7-13(10-16(12)19)18-15(17-5-3-9-21-17)11-14-4-2-8-20-14/h2-10,15,18-19H,11H2,1H3. The number of aryl methyl sites for hydroxylation is 1. The van der Waals surface area contributed by atoms with E-state index in [-0.39, 0.29) is 6.04 Å². The van der Waals surface area contributed by atoms with Crippen LogP contribution in [0.25, 0.3) is 0 Å². The zero-order valence-corrected chi connectivity index (χ0v) is 13.4. The van der Waals surface area contributed by atoms with Crippen molar-refractivity contribution >= 4 is 28.4 Å². The molecule has 0 aliphatic carbocycles. The summed E-state index contributed by atoms with van der Waals surface area (Å²) in [4.78, 5) is 2.67. The SMILES string of the molecule is Cc1ccc(NC(Cc2cccs2)c2cccs2)cc1O. The molecule has 1 aromatic carbocycles. The average Bonchev–Trinajstić information content (AvgIpc) is 3.15. The predicted octanol–water partition coefficient (Wildman–Crippen LogP) is 5.22. The third-order valence-electron chi connectivity index (χ3n) is 3.42. The highest BCUT2D eigenvalue weighted by Crippen LogP contribution is 2.30. The molecule has 0 aliphatic heterocycles. The Morgan fingerprint density at radius 1 is 1.10 bits per heavy atom. The topological polar surface area (TPSA) is 32.3 Å². The van der Waals surface area contributed by atoms with Gasteiger partial charge in [0, 0.05) is 27.9 Å². The highest BCUT2D eigenvalue weighted by molar-refractivity contribution is 7.10. The van der Waals surface area contributed by atoms with E-state index in [4.69, 9.17) is 0 Å². The van der Waals surface area contributed by atoms with E-state index in [1.807, 2.05) is 19.1 Å². The Bertz CT molecular complexity index is 690. The van der Waals surface area contributed by atoms with Crippen molar-refractivity contribution in [1.82, 2.24) is 0 Å². The van der Waals surface area contributed by atoms with Gasteiger partial charge in [-0.3, -0.25) is 0 Å². The molecule has 2 aromatic heterocycles. The van der Waals surface area contributed by atoms with E-state index in [1.165, 1.54) is 9.75 Å². The quantitative estimate of drug-likeness (QED) is 0.676. The van der Waals surface area contributed by atoms with Crippen LogP contribution < -0.4 is 5.32 Å². The van der Waals surface area contributed by atoms with E-state index in [0.717, 1.165) is 17.7 Å². The average molecular weight is 315 g/mol. The fraction of sp³-hybridized carbons (Fsp3) is 0.176. The molecule has 0 aliphatic rings. The highest BCUT2D eigenvalue weighted by atomic mass is 32.1. The second-order valence-electron chi connectivity index (χ2n) is 5.00. The Morgan fingerprint density at radius 3 is 2.57 bits per heavy atom. The van der Waals surface area contributed by atoms with Crippen molar-refractivity contribution in [3.8, 4) is 5.75 Å². The van der Waals surface area contributed by atoms with Crippen molar-refractivity contribution in [3.63, 3.8) is 0 Å². The molecular formula is C17H17NOS2. The summed E-state index contributed by atoms with van der Waals surface area (Å²) in [6, 6.07) is 14.5. The minimum Gasteiger partial charge on any atom is -0.508 e. The molecule has 0 radical (unpaired) electrons. The van der Waals surface area contributed by atoms with Crippen LogP contribution in [-0.4, -0.2) is 5.11 Å². The molecule has 0 bridgehead atoms. The monoisotopic (exact) mass is 315 g/mol. The van der Waals surface area contributed by atoms with Crippen molar-refractivity contribution in [2.45, 2.75) is 19.4 Å². The normalized spacial score (nSPS) is 12.2. The van der Waals surface area contributed by atoms with Crippen molar-refractivity contribution in [2.24, 2.45) is 0 Å². The van der Waals surface area contributed by atoms with Crippen LogP contribution in [-0.2, 0) is 6.42 Å². The summed E-state index contributed by atoms with van der Waals surface area (Å²) in [7, 11) is 0. The van der Waals surface area contributed by atoms with Crippen LogP contribution >= 0.6 is 22.7 Å². The van der Waals surface area contributed by atoms with Gasteiger partial charge >= 0.3 is 0 Å². The molecule has 0 saturated heterocycles. The van der Waals surface area contributed by atoms with Gasteiger partial charge in [-0.15, -0.1) is 22.7 Å². The minimum absolute atomic E-state index is 0.228. The summed E-state index contributed by atoms with van der Waals surface area (Å²) in [5.74, 6) is 0.334. The van der Waals surface area contributed by atoms with Crippen LogP contribution in [0.2, 0.25) is 0 Å². The lowest BCUT2D eigenvalue weighted by molar-refractivity contribution is 0.471. The molecule has 0 spiro atoms. The molecule has 2 nitrogen and oxygen atoms in total. The fourth-order valence-electron chi connectivity index (χ4n) is 2.24. The van der Waals surface area contributed by atoms with Gasteiger partial charge in [0.25, 0.3) is 0 Å². The Morgan fingerprint density at radius 2 is 1.90 bits per heavy atom. The predicted molar refractivity (Wildman–Crippen MR) is 91.5 cm³/mol. The van der Waals surface area contributed by atoms with Gasteiger partial charge in [-0.2, -0.15) is 0 Å². The van der Waals surface area contributed by atoms with Gasteiger partial charge in [-0.05, 0) is 41.4 Å². The van der Waals surface area contributed by atoms with Crippen LogP contribution in [0, 0.1) is 6.92 Å². The van der Waals surface area contributed by atoms with Crippen LogP contribution in [0.4, 0.5) is 5.69 Å².